The van der Waals surface area contributed by atoms with Crippen LogP contribution in [-0.2, 0) is 9.53 Å². The number of carbonyl (C=O) groups is 1. The van der Waals surface area contributed by atoms with Crippen molar-refractivity contribution in [3.05, 3.63) is 65.3 Å². The van der Waals surface area contributed by atoms with E-state index in [1.165, 1.54) is 44.4 Å². The molecule has 4 nitrogen and oxygen atoms in total. The van der Waals surface area contributed by atoms with E-state index >= 15 is 0 Å². The van der Waals surface area contributed by atoms with Crippen molar-refractivity contribution in [1.82, 2.24) is 0 Å². The van der Waals surface area contributed by atoms with Crippen LogP contribution in [0.25, 0.3) is 6.08 Å². The lowest BCUT2D eigenvalue weighted by Crippen LogP contribution is -2.46. The fraction of sp³-hybridized carbons (Fsp3) is 0.605. The second kappa shape index (κ2) is 12.1. The molecule has 0 aromatic heterocycles. The third kappa shape index (κ3) is 5.75. The molecule has 0 bridgehead atoms. The van der Waals surface area contributed by atoms with E-state index in [0.29, 0.717) is 40.8 Å². The number of allylic oxidation sites excluding steroid dienone is 5. The molecule has 0 heterocycles. The highest BCUT2D eigenvalue weighted by atomic mass is 16.5. The maximum Gasteiger partial charge on any atom is 0.331 e. The number of hydrogen-bond acceptors (Lipinski definition) is 4. The monoisotopic (exact) mass is 572 g/mol. The molecular weight excluding hydrogens is 520 g/mol. The molecule has 0 spiro atoms. The first kappa shape index (κ1) is 30.7. The minimum Gasteiger partial charge on any atom is -0.504 e. The lowest BCUT2D eigenvalue weighted by atomic mass is 9.50. The van der Waals surface area contributed by atoms with Crippen LogP contribution in [-0.4, -0.2) is 24.3 Å². The Bertz CT molecular complexity index is 1280. The van der Waals surface area contributed by atoms with Crippen LogP contribution in [0.3, 0.4) is 0 Å². The number of phenolic OH excluding ortho intramolecular Hbond substituents is 1. The van der Waals surface area contributed by atoms with Crippen molar-refractivity contribution in [3.63, 3.8) is 0 Å². The van der Waals surface area contributed by atoms with Gasteiger partial charge in [-0.15, -0.1) is 0 Å². The topological polar surface area (TPSA) is 55.8 Å². The van der Waals surface area contributed by atoms with Gasteiger partial charge in [-0.3, -0.25) is 0 Å². The number of hydrogen-bond donors (Lipinski definition) is 1. The van der Waals surface area contributed by atoms with Crippen molar-refractivity contribution >= 4 is 12.0 Å². The standard InChI is InChI=1S/C38H52O4/c1-24(2)25(3)8-9-26(4)31-14-15-32-30-13-12-28-23-29(18-20-37(28,5)33(30)19-21-38(31,32)6)42-36(40)17-11-27-10-16-34(39)35(22-27)41-7/h8-13,16-17,22,24-26,29,31-33,39H,14-15,18-21,23H2,1-7H3. The van der Waals surface area contributed by atoms with E-state index in [1.807, 2.05) is 0 Å². The van der Waals surface area contributed by atoms with Crippen molar-refractivity contribution in [2.24, 2.45) is 46.3 Å². The Kier molecular flexibility index (Phi) is 8.84. The molecule has 0 saturated heterocycles. The summed E-state index contributed by atoms with van der Waals surface area (Å²) >= 11 is 0. The van der Waals surface area contributed by atoms with E-state index in [-0.39, 0.29) is 23.2 Å². The fourth-order valence-electron chi connectivity index (χ4n) is 8.85. The number of ether oxygens (including phenoxy) is 2. The molecule has 4 aliphatic rings. The minimum absolute atomic E-state index is 0.0780. The molecule has 5 rings (SSSR count). The molecular formula is C38H52O4. The summed E-state index contributed by atoms with van der Waals surface area (Å²) in [6.45, 7) is 14.5. The van der Waals surface area contributed by atoms with Gasteiger partial charge >= 0.3 is 5.97 Å². The van der Waals surface area contributed by atoms with Gasteiger partial charge < -0.3 is 14.6 Å². The molecule has 0 radical (unpaired) electrons. The molecule has 228 valence electrons. The molecule has 1 N–H and O–H groups in total. The van der Waals surface area contributed by atoms with Gasteiger partial charge in [-0.2, -0.15) is 0 Å². The van der Waals surface area contributed by atoms with Gasteiger partial charge in [0.1, 0.15) is 6.10 Å². The number of methoxy groups -OCH3 is 1. The average molecular weight is 573 g/mol. The van der Waals surface area contributed by atoms with Gasteiger partial charge in [0.15, 0.2) is 11.5 Å². The largest absolute Gasteiger partial charge is 0.504 e. The Morgan fingerprint density at radius 2 is 1.79 bits per heavy atom. The maximum atomic E-state index is 12.7. The number of esters is 1. The third-order valence-electron chi connectivity index (χ3n) is 11.9. The van der Waals surface area contributed by atoms with E-state index in [9.17, 15) is 9.90 Å². The highest BCUT2D eigenvalue weighted by molar-refractivity contribution is 5.87. The highest BCUT2D eigenvalue weighted by Crippen LogP contribution is 2.66. The van der Waals surface area contributed by atoms with Crippen LogP contribution in [0.1, 0.15) is 92.1 Å². The molecule has 0 amide bonds. The summed E-state index contributed by atoms with van der Waals surface area (Å²) in [6, 6.07) is 5.01. The molecule has 0 aliphatic heterocycles. The van der Waals surface area contributed by atoms with Crippen molar-refractivity contribution < 1.29 is 19.4 Å². The smallest absolute Gasteiger partial charge is 0.331 e. The summed E-state index contributed by atoms with van der Waals surface area (Å²) in [5, 5.41) is 9.81. The van der Waals surface area contributed by atoms with Crippen molar-refractivity contribution in [1.29, 1.82) is 0 Å². The van der Waals surface area contributed by atoms with Gasteiger partial charge in [0.05, 0.1) is 7.11 Å². The Labute approximate surface area is 254 Å². The van der Waals surface area contributed by atoms with Gasteiger partial charge in [0, 0.05) is 12.5 Å². The molecule has 1 aromatic rings. The summed E-state index contributed by atoms with van der Waals surface area (Å²) in [6.07, 6.45) is 21.0. The lowest BCUT2D eigenvalue weighted by Gasteiger charge is -2.55. The summed E-state index contributed by atoms with van der Waals surface area (Å²) in [7, 11) is 1.51. The van der Waals surface area contributed by atoms with Crippen LogP contribution in [0.15, 0.2) is 59.7 Å². The predicted octanol–water partition coefficient (Wildman–Crippen LogP) is 9.31. The van der Waals surface area contributed by atoms with Crippen LogP contribution < -0.4 is 4.74 Å². The van der Waals surface area contributed by atoms with Crippen LogP contribution in [0.5, 0.6) is 11.5 Å². The normalized spacial score (nSPS) is 33.9. The molecule has 42 heavy (non-hydrogen) atoms. The van der Waals surface area contributed by atoms with Gasteiger partial charge in [0.25, 0.3) is 0 Å². The Balaban J connectivity index is 1.25. The SMILES string of the molecule is COc1cc(C=CC(=O)OC2CCC3(C)C(=CC=C4C3CCC3(C)C4CCC3C(C)C=CC(C)C(C)C)C2)ccc1O. The number of phenols is 1. The Morgan fingerprint density at radius 1 is 1.00 bits per heavy atom. The zero-order chi connectivity index (χ0) is 30.2. The van der Waals surface area contributed by atoms with E-state index in [4.69, 9.17) is 9.47 Å². The number of benzene rings is 1. The second-order valence-corrected chi connectivity index (χ2v) is 14.5. The first-order chi connectivity index (χ1) is 20.0. The zero-order valence-corrected chi connectivity index (χ0v) is 26.9. The van der Waals surface area contributed by atoms with Crippen molar-refractivity contribution in [3.8, 4) is 11.5 Å². The van der Waals surface area contributed by atoms with Crippen molar-refractivity contribution in [2.75, 3.05) is 7.11 Å². The van der Waals surface area contributed by atoms with Gasteiger partial charge in [-0.1, -0.05) is 83.1 Å². The first-order valence-electron chi connectivity index (χ1n) is 16.3. The number of rotatable bonds is 8. The maximum absolute atomic E-state index is 12.7. The quantitative estimate of drug-likeness (QED) is 0.192. The molecule has 3 fully saturated rings. The molecule has 8 unspecified atom stereocenters. The third-order valence-corrected chi connectivity index (χ3v) is 11.9. The summed E-state index contributed by atoms with van der Waals surface area (Å²) in [5.74, 6) is 4.14. The molecule has 8 atom stereocenters. The molecule has 1 aromatic carbocycles. The van der Waals surface area contributed by atoms with Gasteiger partial charge in [0.2, 0.25) is 0 Å². The highest BCUT2D eigenvalue weighted by Gasteiger charge is 2.57. The second-order valence-electron chi connectivity index (χ2n) is 14.5. The number of carbonyl (C=O) groups excluding carboxylic acids is 1. The fourth-order valence-corrected chi connectivity index (χ4v) is 8.85. The van der Waals surface area contributed by atoms with E-state index < -0.39 is 0 Å². The van der Waals surface area contributed by atoms with Crippen LogP contribution in [0, 0.1) is 46.3 Å². The average Bonchev–Trinajstić information content (AvgIpc) is 3.32. The lowest BCUT2D eigenvalue weighted by molar-refractivity contribution is -0.144. The summed E-state index contributed by atoms with van der Waals surface area (Å²) in [4.78, 5) is 12.7. The van der Waals surface area contributed by atoms with Crippen LogP contribution in [0.4, 0.5) is 0 Å². The van der Waals surface area contributed by atoms with Crippen LogP contribution in [0.2, 0.25) is 0 Å². The summed E-state index contributed by atoms with van der Waals surface area (Å²) < 4.78 is 11.1. The first-order valence-corrected chi connectivity index (χ1v) is 16.3. The van der Waals surface area contributed by atoms with Gasteiger partial charge in [-0.25, -0.2) is 4.79 Å². The van der Waals surface area contributed by atoms with E-state index in [1.54, 1.807) is 29.8 Å². The number of aromatic hydroxyl groups is 1. The number of fused-ring (bicyclic) bond motifs is 5. The molecule has 4 heteroatoms. The summed E-state index contributed by atoms with van der Waals surface area (Å²) in [5.41, 5.74) is 4.51. The predicted molar refractivity (Wildman–Crippen MR) is 171 cm³/mol. The van der Waals surface area contributed by atoms with Crippen LogP contribution >= 0.6 is 0 Å². The molecule has 3 saturated carbocycles. The Hall–Kier alpha value is -2.75. The van der Waals surface area contributed by atoms with E-state index in [2.05, 4.69) is 65.8 Å². The van der Waals surface area contributed by atoms with E-state index in [0.717, 1.165) is 30.7 Å². The minimum atomic E-state index is -0.320. The van der Waals surface area contributed by atoms with Crippen molar-refractivity contribution in [2.45, 2.75) is 92.6 Å². The zero-order valence-electron chi connectivity index (χ0n) is 26.9. The molecule has 4 aliphatic carbocycles. The van der Waals surface area contributed by atoms with Gasteiger partial charge in [-0.05, 0) is 109 Å². The Morgan fingerprint density at radius 3 is 2.52 bits per heavy atom.